The van der Waals surface area contributed by atoms with Gasteiger partial charge < -0.3 is 5.32 Å². The third-order valence-electron chi connectivity index (χ3n) is 2.93. The van der Waals surface area contributed by atoms with Gasteiger partial charge in [0.2, 0.25) is 0 Å². The molecule has 0 bridgehead atoms. The van der Waals surface area contributed by atoms with Crippen LogP contribution in [0.4, 0.5) is 4.39 Å². The average molecular weight is 278 g/mol. The Morgan fingerprint density at radius 3 is 2.53 bits per heavy atom. The van der Waals surface area contributed by atoms with Gasteiger partial charge in [-0.05, 0) is 29.3 Å². The Morgan fingerprint density at radius 1 is 1.11 bits per heavy atom. The highest BCUT2D eigenvalue weighted by Crippen LogP contribution is 2.30. The molecule has 0 aromatic heterocycles. The molecule has 0 amide bonds. The molecule has 0 spiro atoms. The standard InChI is InChI=1S/C16H17ClFN/c1-11(2)19-10-12-9-13(18)7-8-14(12)15-5-3-4-6-16(15)17/h3-9,11,19H,10H2,1-2H3. The van der Waals surface area contributed by atoms with E-state index in [1.807, 2.05) is 24.3 Å². The SMILES string of the molecule is CC(C)NCc1cc(F)ccc1-c1ccccc1Cl. The van der Waals surface area contributed by atoms with Gasteiger partial charge in [-0.1, -0.05) is 49.7 Å². The minimum Gasteiger partial charge on any atom is -0.310 e. The summed E-state index contributed by atoms with van der Waals surface area (Å²) in [7, 11) is 0. The molecule has 0 aliphatic carbocycles. The van der Waals surface area contributed by atoms with Gasteiger partial charge in [0.15, 0.2) is 0 Å². The zero-order valence-electron chi connectivity index (χ0n) is 11.1. The molecule has 1 N–H and O–H groups in total. The Bertz CT molecular complexity index is 566. The lowest BCUT2D eigenvalue weighted by Crippen LogP contribution is -2.22. The van der Waals surface area contributed by atoms with Gasteiger partial charge in [-0.2, -0.15) is 0 Å². The minimum atomic E-state index is -0.226. The van der Waals surface area contributed by atoms with Gasteiger partial charge in [-0.3, -0.25) is 0 Å². The van der Waals surface area contributed by atoms with Crippen molar-refractivity contribution in [3.63, 3.8) is 0 Å². The smallest absolute Gasteiger partial charge is 0.123 e. The van der Waals surface area contributed by atoms with Gasteiger partial charge in [0.25, 0.3) is 0 Å². The maximum absolute atomic E-state index is 13.4. The molecule has 1 nitrogen and oxygen atoms in total. The van der Waals surface area contributed by atoms with E-state index in [0.29, 0.717) is 17.6 Å². The van der Waals surface area contributed by atoms with E-state index in [2.05, 4.69) is 19.2 Å². The first kappa shape index (κ1) is 14.0. The summed E-state index contributed by atoms with van der Waals surface area (Å²) in [5, 5.41) is 3.99. The van der Waals surface area contributed by atoms with Crippen molar-refractivity contribution < 1.29 is 4.39 Å². The number of hydrogen-bond acceptors (Lipinski definition) is 1. The summed E-state index contributed by atoms with van der Waals surface area (Å²) < 4.78 is 13.4. The summed E-state index contributed by atoms with van der Waals surface area (Å²) in [5.41, 5.74) is 2.83. The second-order valence-corrected chi connectivity index (χ2v) is 5.22. The number of hydrogen-bond donors (Lipinski definition) is 1. The van der Waals surface area contributed by atoms with Crippen LogP contribution in [-0.2, 0) is 6.54 Å². The van der Waals surface area contributed by atoms with E-state index in [4.69, 9.17) is 11.6 Å². The summed E-state index contributed by atoms with van der Waals surface area (Å²) in [4.78, 5) is 0. The predicted molar refractivity (Wildman–Crippen MR) is 78.8 cm³/mol. The van der Waals surface area contributed by atoms with E-state index in [9.17, 15) is 4.39 Å². The van der Waals surface area contributed by atoms with Crippen molar-refractivity contribution in [2.75, 3.05) is 0 Å². The molecule has 0 aliphatic rings. The third-order valence-corrected chi connectivity index (χ3v) is 3.26. The number of benzene rings is 2. The van der Waals surface area contributed by atoms with Gasteiger partial charge in [0.05, 0.1) is 0 Å². The van der Waals surface area contributed by atoms with Crippen molar-refractivity contribution in [1.82, 2.24) is 5.32 Å². The molecule has 0 saturated heterocycles. The lowest BCUT2D eigenvalue weighted by atomic mass is 9.99. The molecule has 19 heavy (non-hydrogen) atoms. The summed E-state index contributed by atoms with van der Waals surface area (Å²) in [6, 6.07) is 12.8. The molecule has 2 rings (SSSR count). The van der Waals surface area contributed by atoms with E-state index in [-0.39, 0.29) is 5.82 Å². The molecule has 0 unspecified atom stereocenters. The molecular formula is C16H17ClFN. The van der Waals surface area contributed by atoms with Crippen molar-refractivity contribution in [3.05, 3.63) is 58.9 Å². The summed E-state index contributed by atoms with van der Waals surface area (Å²) in [6.45, 7) is 4.75. The second kappa shape index (κ2) is 6.18. The number of halogens is 2. The normalized spacial score (nSPS) is 11.0. The predicted octanol–water partition coefficient (Wildman–Crippen LogP) is 4.64. The van der Waals surface area contributed by atoms with E-state index in [0.717, 1.165) is 16.7 Å². The Balaban J connectivity index is 2.42. The maximum Gasteiger partial charge on any atom is 0.123 e. The number of rotatable bonds is 4. The maximum atomic E-state index is 13.4. The van der Waals surface area contributed by atoms with E-state index < -0.39 is 0 Å². The molecule has 0 heterocycles. The van der Waals surface area contributed by atoms with Gasteiger partial charge in [0, 0.05) is 23.2 Å². The zero-order valence-corrected chi connectivity index (χ0v) is 11.8. The summed E-state index contributed by atoms with van der Waals surface area (Å²) in [5.74, 6) is -0.226. The van der Waals surface area contributed by atoms with Gasteiger partial charge in [-0.15, -0.1) is 0 Å². The van der Waals surface area contributed by atoms with Crippen LogP contribution in [0.3, 0.4) is 0 Å². The summed E-state index contributed by atoms with van der Waals surface area (Å²) >= 11 is 6.22. The average Bonchev–Trinajstić information content (AvgIpc) is 2.37. The lowest BCUT2D eigenvalue weighted by Gasteiger charge is -2.14. The van der Waals surface area contributed by atoms with E-state index in [1.165, 1.54) is 6.07 Å². The molecule has 0 fully saturated rings. The zero-order chi connectivity index (χ0) is 13.8. The van der Waals surface area contributed by atoms with Crippen LogP contribution >= 0.6 is 11.6 Å². The molecule has 0 aliphatic heterocycles. The fourth-order valence-electron chi connectivity index (χ4n) is 1.97. The van der Waals surface area contributed by atoms with Crippen molar-refractivity contribution in [3.8, 4) is 11.1 Å². The van der Waals surface area contributed by atoms with Crippen molar-refractivity contribution in [2.45, 2.75) is 26.4 Å². The van der Waals surface area contributed by atoms with Gasteiger partial charge in [0.1, 0.15) is 5.82 Å². The van der Waals surface area contributed by atoms with Crippen LogP contribution < -0.4 is 5.32 Å². The van der Waals surface area contributed by atoms with Crippen molar-refractivity contribution in [2.24, 2.45) is 0 Å². The Labute approximate surface area is 118 Å². The molecule has 2 aromatic rings. The monoisotopic (exact) mass is 277 g/mol. The van der Waals surface area contributed by atoms with Crippen LogP contribution in [0.1, 0.15) is 19.4 Å². The lowest BCUT2D eigenvalue weighted by molar-refractivity contribution is 0.582. The molecule has 0 radical (unpaired) electrons. The Kier molecular flexibility index (Phi) is 4.56. The minimum absolute atomic E-state index is 0.226. The van der Waals surface area contributed by atoms with Crippen molar-refractivity contribution >= 4 is 11.6 Å². The van der Waals surface area contributed by atoms with Crippen molar-refractivity contribution in [1.29, 1.82) is 0 Å². The van der Waals surface area contributed by atoms with Crippen LogP contribution in [0.15, 0.2) is 42.5 Å². The second-order valence-electron chi connectivity index (χ2n) is 4.82. The third kappa shape index (κ3) is 3.55. The van der Waals surface area contributed by atoms with Crippen LogP contribution in [0.2, 0.25) is 5.02 Å². The largest absolute Gasteiger partial charge is 0.310 e. The fraction of sp³-hybridized carbons (Fsp3) is 0.250. The first-order valence-corrected chi connectivity index (χ1v) is 6.72. The molecule has 2 aromatic carbocycles. The Hall–Kier alpha value is -1.38. The van der Waals surface area contributed by atoms with Gasteiger partial charge >= 0.3 is 0 Å². The van der Waals surface area contributed by atoms with Gasteiger partial charge in [-0.25, -0.2) is 4.39 Å². The Morgan fingerprint density at radius 2 is 1.84 bits per heavy atom. The van der Waals surface area contributed by atoms with E-state index >= 15 is 0 Å². The number of nitrogens with one attached hydrogen (secondary N) is 1. The van der Waals surface area contributed by atoms with Crippen LogP contribution in [0, 0.1) is 5.82 Å². The highest BCUT2D eigenvalue weighted by atomic mass is 35.5. The fourth-order valence-corrected chi connectivity index (χ4v) is 2.20. The quantitative estimate of drug-likeness (QED) is 0.858. The highest BCUT2D eigenvalue weighted by Gasteiger charge is 2.09. The van der Waals surface area contributed by atoms with Crippen LogP contribution in [0.25, 0.3) is 11.1 Å². The topological polar surface area (TPSA) is 12.0 Å². The highest BCUT2D eigenvalue weighted by molar-refractivity contribution is 6.33. The summed E-state index contributed by atoms with van der Waals surface area (Å²) in [6.07, 6.45) is 0. The molecular weight excluding hydrogens is 261 g/mol. The molecule has 100 valence electrons. The van der Waals surface area contributed by atoms with Crippen LogP contribution in [-0.4, -0.2) is 6.04 Å². The molecule has 3 heteroatoms. The molecule has 0 atom stereocenters. The van der Waals surface area contributed by atoms with Crippen LogP contribution in [0.5, 0.6) is 0 Å². The van der Waals surface area contributed by atoms with E-state index in [1.54, 1.807) is 12.1 Å². The molecule has 0 saturated carbocycles. The first-order valence-electron chi connectivity index (χ1n) is 6.34. The first-order chi connectivity index (χ1) is 9.08.